The molecule has 0 radical (unpaired) electrons. The van der Waals surface area contributed by atoms with Gasteiger partial charge in [0.1, 0.15) is 0 Å². The van der Waals surface area contributed by atoms with Crippen LogP contribution in [0.15, 0.2) is 0 Å². The van der Waals surface area contributed by atoms with E-state index in [2.05, 4.69) is 10.6 Å². The molecule has 0 aromatic heterocycles. The van der Waals surface area contributed by atoms with Gasteiger partial charge in [-0.25, -0.2) is 0 Å². The number of methoxy groups -OCH3 is 2. The molecule has 4 heteroatoms. The number of hydrogen-bond donors (Lipinski definition) is 2. The monoisotopic (exact) mass is 190 g/mol. The molecule has 4 nitrogen and oxygen atoms in total. The van der Waals surface area contributed by atoms with Crippen molar-refractivity contribution < 1.29 is 9.47 Å². The summed E-state index contributed by atoms with van der Waals surface area (Å²) in [5.74, 6) is 0. The second-order valence-corrected chi connectivity index (χ2v) is 2.99. The van der Waals surface area contributed by atoms with E-state index in [9.17, 15) is 0 Å². The first-order chi connectivity index (χ1) is 6.31. The molecule has 0 aromatic carbocycles. The molecule has 0 aliphatic rings. The molecule has 0 spiro atoms. The van der Waals surface area contributed by atoms with Crippen molar-refractivity contribution >= 4 is 0 Å². The number of hydrogen-bond acceptors (Lipinski definition) is 4. The van der Waals surface area contributed by atoms with Crippen molar-refractivity contribution in [1.82, 2.24) is 10.6 Å². The third kappa shape index (κ3) is 9.76. The molecule has 2 N–H and O–H groups in total. The van der Waals surface area contributed by atoms with Crippen molar-refractivity contribution in [3.8, 4) is 0 Å². The van der Waals surface area contributed by atoms with Crippen molar-refractivity contribution in [2.75, 3.05) is 47.0 Å². The number of ether oxygens (including phenoxy) is 2. The first kappa shape index (κ1) is 12.8. The Bertz CT molecular complexity index is 102. The summed E-state index contributed by atoms with van der Waals surface area (Å²) in [6, 6.07) is 0. The lowest BCUT2D eigenvalue weighted by Crippen LogP contribution is -2.33. The summed E-state index contributed by atoms with van der Waals surface area (Å²) in [6.45, 7) is 6.58. The highest BCUT2D eigenvalue weighted by Gasteiger charge is 1.96. The van der Waals surface area contributed by atoms with Crippen LogP contribution in [0.3, 0.4) is 0 Å². The molecule has 0 fully saturated rings. The largest absolute Gasteiger partial charge is 0.383 e. The Hall–Kier alpha value is -0.160. The molecule has 0 amide bonds. The SMILES string of the molecule is COCCNCCNCC(C)OC. The minimum absolute atomic E-state index is 0.291. The van der Waals surface area contributed by atoms with Gasteiger partial charge in [-0.3, -0.25) is 0 Å². The van der Waals surface area contributed by atoms with Crippen molar-refractivity contribution in [2.24, 2.45) is 0 Å². The van der Waals surface area contributed by atoms with E-state index in [1.54, 1.807) is 14.2 Å². The first-order valence-electron chi connectivity index (χ1n) is 4.74. The Morgan fingerprint density at radius 1 is 1.08 bits per heavy atom. The van der Waals surface area contributed by atoms with E-state index < -0.39 is 0 Å². The van der Waals surface area contributed by atoms with Gasteiger partial charge in [-0.1, -0.05) is 0 Å². The van der Waals surface area contributed by atoms with Crippen LogP contribution in [-0.2, 0) is 9.47 Å². The van der Waals surface area contributed by atoms with Crippen LogP contribution in [-0.4, -0.2) is 53.1 Å². The number of nitrogens with one attached hydrogen (secondary N) is 2. The molecule has 1 atom stereocenters. The quantitative estimate of drug-likeness (QED) is 0.496. The third-order valence-corrected chi connectivity index (χ3v) is 1.80. The van der Waals surface area contributed by atoms with Crippen molar-refractivity contribution in [1.29, 1.82) is 0 Å². The standard InChI is InChI=1S/C9H22N2O2/c1-9(13-3)8-11-5-4-10-6-7-12-2/h9-11H,4-8H2,1-3H3. The second-order valence-electron chi connectivity index (χ2n) is 2.99. The smallest absolute Gasteiger partial charge is 0.0667 e. The summed E-state index contributed by atoms with van der Waals surface area (Å²) in [5, 5.41) is 6.53. The predicted octanol–water partition coefficient (Wildman–Crippen LogP) is -0.153. The molecule has 0 aliphatic heterocycles. The van der Waals surface area contributed by atoms with E-state index >= 15 is 0 Å². The molecule has 0 bridgehead atoms. The van der Waals surface area contributed by atoms with Crippen LogP contribution in [0.4, 0.5) is 0 Å². The van der Waals surface area contributed by atoms with E-state index in [-0.39, 0.29) is 0 Å². The molecular weight excluding hydrogens is 168 g/mol. The van der Waals surface area contributed by atoms with Crippen molar-refractivity contribution in [3.63, 3.8) is 0 Å². The predicted molar refractivity (Wildman–Crippen MR) is 54.1 cm³/mol. The van der Waals surface area contributed by atoms with Crippen LogP contribution in [0, 0.1) is 0 Å². The minimum Gasteiger partial charge on any atom is -0.383 e. The van der Waals surface area contributed by atoms with Gasteiger partial charge in [-0.2, -0.15) is 0 Å². The fourth-order valence-corrected chi connectivity index (χ4v) is 0.865. The fourth-order valence-electron chi connectivity index (χ4n) is 0.865. The molecule has 13 heavy (non-hydrogen) atoms. The van der Waals surface area contributed by atoms with Gasteiger partial charge in [0.15, 0.2) is 0 Å². The fraction of sp³-hybridized carbons (Fsp3) is 1.00. The van der Waals surface area contributed by atoms with E-state index in [0.717, 1.165) is 32.8 Å². The van der Waals surface area contributed by atoms with E-state index in [4.69, 9.17) is 9.47 Å². The summed E-state index contributed by atoms with van der Waals surface area (Å²) in [4.78, 5) is 0. The highest BCUT2D eigenvalue weighted by atomic mass is 16.5. The zero-order valence-electron chi connectivity index (χ0n) is 8.93. The molecule has 0 saturated carbocycles. The molecular formula is C9H22N2O2. The zero-order valence-corrected chi connectivity index (χ0v) is 8.93. The molecule has 1 unspecified atom stereocenters. The van der Waals surface area contributed by atoms with Crippen LogP contribution in [0.2, 0.25) is 0 Å². The Morgan fingerprint density at radius 2 is 1.77 bits per heavy atom. The summed E-state index contributed by atoms with van der Waals surface area (Å²) in [6.07, 6.45) is 0.291. The van der Waals surface area contributed by atoms with Gasteiger partial charge >= 0.3 is 0 Å². The van der Waals surface area contributed by atoms with Gasteiger partial charge in [0.05, 0.1) is 12.7 Å². The normalized spacial score (nSPS) is 13.2. The summed E-state index contributed by atoms with van der Waals surface area (Å²) >= 11 is 0. The third-order valence-electron chi connectivity index (χ3n) is 1.80. The average Bonchev–Trinajstić information content (AvgIpc) is 2.16. The molecule has 80 valence electrons. The van der Waals surface area contributed by atoms with Crippen LogP contribution in [0.1, 0.15) is 6.92 Å². The lowest BCUT2D eigenvalue weighted by molar-refractivity contribution is 0.117. The first-order valence-corrected chi connectivity index (χ1v) is 4.74. The summed E-state index contributed by atoms with van der Waals surface area (Å²) < 4.78 is 9.99. The van der Waals surface area contributed by atoms with Crippen molar-refractivity contribution in [3.05, 3.63) is 0 Å². The Kier molecular flexibility index (Phi) is 9.80. The van der Waals surface area contributed by atoms with E-state index in [1.165, 1.54) is 0 Å². The lowest BCUT2D eigenvalue weighted by atomic mass is 10.4. The topological polar surface area (TPSA) is 42.5 Å². The maximum absolute atomic E-state index is 5.09. The molecule has 0 aliphatic carbocycles. The van der Waals surface area contributed by atoms with Crippen LogP contribution in [0.25, 0.3) is 0 Å². The second kappa shape index (κ2) is 9.92. The number of rotatable bonds is 9. The minimum atomic E-state index is 0.291. The summed E-state index contributed by atoms with van der Waals surface area (Å²) in [5.41, 5.74) is 0. The maximum atomic E-state index is 5.09. The van der Waals surface area contributed by atoms with Crippen LogP contribution < -0.4 is 10.6 Å². The molecule has 0 rings (SSSR count). The Balaban J connectivity index is 2.91. The molecule has 0 saturated heterocycles. The highest BCUT2D eigenvalue weighted by Crippen LogP contribution is 1.82. The van der Waals surface area contributed by atoms with Gasteiger partial charge in [-0.15, -0.1) is 0 Å². The van der Waals surface area contributed by atoms with E-state index in [0.29, 0.717) is 6.10 Å². The van der Waals surface area contributed by atoms with Crippen LogP contribution >= 0.6 is 0 Å². The molecule has 0 aromatic rings. The van der Waals surface area contributed by atoms with Gasteiger partial charge in [0.25, 0.3) is 0 Å². The van der Waals surface area contributed by atoms with Gasteiger partial charge in [-0.05, 0) is 6.92 Å². The Labute approximate surface area is 81.0 Å². The molecule has 0 heterocycles. The highest BCUT2D eigenvalue weighted by molar-refractivity contribution is 4.56. The summed E-state index contributed by atoms with van der Waals surface area (Å²) in [7, 11) is 3.43. The van der Waals surface area contributed by atoms with Gasteiger partial charge < -0.3 is 20.1 Å². The van der Waals surface area contributed by atoms with Crippen LogP contribution in [0.5, 0.6) is 0 Å². The Morgan fingerprint density at radius 3 is 2.38 bits per heavy atom. The zero-order chi connectivity index (χ0) is 9.94. The van der Waals surface area contributed by atoms with E-state index in [1.807, 2.05) is 6.92 Å². The average molecular weight is 190 g/mol. The lowest BCUT2D eigenvalue weighted by Gasteiger charge is -2.10. The van der Waals surface area contributed by atoms with Crippen molar-refractivity contribution in [2.45, 2.75) is 13.0 Å². The maximum Gasteiger partial charge on any atom is 0.0667 e. The van der Waals surface area contributed by atoms with Gasteiger partial charge in [0.2, 0.25) is 0 Å². The van der Waals surface area contributed by atoms with Gasteiger partial charge in [0, 0.05) is 40.4 Å².